The quantitative estimate of drug-likeness (QED) is 0.358. The monoisotopic (exact) mass is 391 g/mol. The molecule has 4 atom stereocenters. The van der Waals surface area contributed by atoms with Crippen LogP contribution in [0.1, 0.15) is 26.7 Å². The minimum Gasteiger partial charge on any atom is -0.489 e. The lowest BCUT2D eigenvalue weighted by molar-refractivity contribution is -0.137. The van der Waals surface area contributed by atoms with Crippen molar-refractivity contribution in [3.63, 3.8) is 0 Å². The minimum absolute atomic E-state index is 0.0602. The molecule has 1 amide bonds. The predicted molar refractivity (Wildman–Crippen MR) is 96.8 cm³/mol. The molecule has 0 bridgehead atoms. The third-order valence-corrected chi connectivity index (χ3v) is 6.12. The van der Waals surface area contributed by atoms with Gasteiger partial charge < -0.3 is 30.2 Å². The van der Waals surface area contributed by atoms with Gasteiger partial charge in [0, 0.05) is 30.8 Å². The first-order chi connectivity index (χ1) is 13.4. The van der Waals surface area contributed by atoms with Crippen LogP contribution in [-0.4, -0.2) is 67.2 Å². The third-order valence-electron chi connectivity index (χ3n) is 6.12. The Hall–Kier alpha value is -2.39. The number of nitrogens with two attached hydrogens (primary N) is 1. The standard InChI is InChI=1S/C19H25N3O6/c1-4-5-6-27-16-9(2)14(23)13-12(15(16)24)10(8-28-18(20)25)19(26-3)17-11(21-17)7-22(13)19/h10-11,17,21H,4-8H2,1-3H3,(H2,20,25). The fraction of sp³-hybridized carbons (Fsp3) is 0.632. The average Bonchev–Trinajstić information content (AvgIpc) is 3.27. The maximum Gasteiger partial charge on any atom is 0.404 e. The highest BCUT2D eigenvalue weighted by atomic mass is 16.6. The fourth-order valence-electron chi connectivity index (χ4n) is 4.76. The van der Waals surface area contributed by atoms with E-state index in [-0.39, 0.29) is 41.6 Å². The molecule has 28 heavy (non-hydrogen) atoms. The molecule has 4 rings (SSSR count). The number of Topliss-reactive ketones (excluding diaryl/α,β-unsaturated/α-hetero) is 2. The Morgan fingerprint density at radius 1 is 1.36 bits per heavy atom. The summed E-state index contributed by atoms with van der Waals surface area (Å²) in [5, 5.41) is 3.32. The van der Waals surface area contributed by atoms with Gasteiger partial charge >= 0.3 is 6.09 Å². The molecular formula is C19H25N3O6. The molecule has 152 valence electrons. The van der Waals surface area contributed by atoms with Crippen molar-refractivity contribution in [1.82, 2.24) is 10.2 Å². The average molecular weight is 391 g/mol. The lowest BCUT2D eigenvalue weighted by Crippen LogP contribution is -2.55. The number of ketones is 2. The van der Waals surface area contributed by atoms with Crippen molar-refractivity contribution < 1.29 is 28.6 Å². The molecule has 0 aromatic carbocycles. The number of allylic oxidation sites excluding steroid dienone is 2. The number of unbranched alkanes of at least 4 members (excludes halogenated alkanes) is 1. The molecule has 2 saturated heterocycles. The lowest BCUT2D eigenvalue weighted by Gasteiger charge is -2.39. The van der Waals surface area contributed by atoms with Gasteiger partial charge in [-0.2, -0.15) is 0 Å². The number of ether oxygens (including phenoxy) is 3. The molecule has 0 spiro atoms. The molecule has 1 aliphatic carbocycles. The van der Waals surface area contributed by atoms with Gasteiger partial charge in [-0.05, 0) is 13.3 Å². The highest BCUT2D eigenvalue weighted by Crippen LogP contribution is 2.55. The van der Waals surface area contributed by atoms with Gasteiger partial charge in [-0.1, -0.05) is 13.3 Å². The summed E-state index contributed by atoms with van der Waals surface area (Å²) in [6.07, 6.45) is 0.748. The van der Waals surface area contributed by atoms with Crippen molar-refractivity contribution in [2.24, 2.45) is 11.7 Å². The number of hydrogen-bond donors (Lipinski definition) is 2. The second-order valence-electron chi connectivity index (χ2n) is 7.58. The van der Waals surface area contributed by atoms with E-state index in [1.807, 2.05) is 11.8 Å². The van der Waals surface area contributed by atoms with E-state index in [0.29, 0.717) is 24.4 Å². The number of methoxy groups -OCH3 is 1. The van der Waals surface area contributed by atoms with Gasteiger partial charge in [0.25, 0.3) is 0 Å². The molecule has 3 heterocycles. The van der Waals surface area contributed by atoms with E-state index in [9.17, 15) is 14.4 Å². The van der Waals surface area contributed by atoms with Crippen LogP contribution in [0.5, 0.6) is 0 Å². The van der Waals surface area contributed by atoms with Gasteiger partial charge in [0.15, 0.2) is 11.5 Å². The minimum atomic E-state index is -0.963. The van der Waals surface area contributed by atoms with E-state index in [0.717, 1.165) is 12.8 Å². The van der Waals surface area contributed by atoms with Crippen molar-refractivity contribution >= 4 is 17.7 Å². The van der Waals surface area contributed by atoms with Crippen molar-refractivity contribution in [3.8, 4) is 0 Å². The van der Waals surface area contributed by atoms with E-state index in [1.54, 1.807) is 14.0 Å². The van der Waals surface area contributed by atoms with Crippen LogP contribution in [0.4, 0.5) is 4.79 Å². The summed E-state index contributed by atoms with van der Waals surface area (Å²) in [5.41, 5.74) is 5.12. The summed E-state index contributed by atoms with van der Waals surface area (Å²) < 4.78 is 16.7. The Labute approximate surface area is 162 Å². The van der Waals surface area contributed by atoms with Crippen molar-refractivity contribution in [1.29, 1.82) is 0 Å². The van der Waals surface area contributed by atoms with Crippen LogP contribution >= 0.6 is 0 Å². The number of rotatable bonds is 7. The Morgan fingerprint density at radius 2 is 2.11 bits per heavy atom. The van der Waals surface area contributed by atoms with Crippen molar-refractivity contribution in [2.45, 2.75) is 44.5 Å². The largest absolute Gasteiger partial charge is 0.489 e. The summed E-state index contributed by atoms with van der Waals surface area (Å²) in [4.78, 5) is 39.7. The normalized spacial score (nSPS) is 33.1. The molecule has 9 nitrogen and oxygen atoms in total. The third kappa shape index (κ3) is 2.42. The van der Waals surface area contributed by atoms with Crippen LogP contribution in [-0.2, 0) is 23.8 Å². The molecule has 4 unspecified atom stereocenters. The summed E-state index contributed by atoms with van der Waals surface area (Å²) in [5.74, 6) is -1.15. The first-order valence-corrected chi connectivity index (χ1v) is 9.56. The topological polar surface area (TPSA) is 130 Å². The Morgan fingerprint density at radius 3 is 2.75 bits per heavy atom. The number of carbonyl (C=O) groups excluding carboxylic acids is 3. The molecule has 0 saturated carbocycles. The second kappa shape index (κ2) is 6.59. The maximum atomic E-state index is 13.4. The van der Waals surface area contributed by atoms with Crippen LogP contribution in [0.2, 0.25) is 0 Å². The second-order valence-corrected chi connectivity index (χ2v) is 7.58. The highest BCUT2D eigenvalue weighted by molar-refractivity contribution is 6.25. The van der Waals surface area contributed by atoms with Crippen molar-refractivity contribution in [3.05, 3.63) is 22.6 Å². The van der Waals surface area contributed by atoms with Crippen LogP contribution in [0.25, 0.3) is 0 Å². The van der Waals surface area contributed by atoms with Gasteiger partial charge in [0.2, 0.25) is 11.6 Å². The number of hydrogen-bond acceptors (Lipinski definition) is 8. The van der Waals surface area contributed by atoms with E-state index < -0.39 is 17.7 Å². The molecule has 0 aromatic heterocycles. The summed E-state index contributed by atoms with van der Waals surface area (Å²) in [6.45, 7) is 4.39. The Kier molecular flexibility index (Phi) is 4.46. The Bertz CT molecular complexity index is 818. The number of carbonyl (C=O) groups is 3. The molecule has 0 aromatic rings. The number of nitrogens with one attached hydrogen (secondary N) is 1. The molecule has 4 aliphatic rings. The summed E-state index contributed by atoms with van der Waals surface area (Å²) in [6, 6.07) is 0.106. The van der Waals surface area contributed by atoms with Gasteiger partial charge in [-0.15, -0.1) is 0 Å². The fourth-order valence-corrected chi connectivity index (χ4v) is 4.76. The highest BCUT2D eigenvalue weighted by Gasteiger charge is 2.72. The van der Waals surface area contributed by atoms with E-state index in [4.69, 9.17) is 19.9 Å². The zero-order chi connectivity index (χ0) is 20.2. The molecule has 3 aliphatic heterocycles. The van der Waals surface area contributed by atoms with Crippen LogP contribution in [0.15, 0.2) is 22.6 Å². The zero-order valence-corrected chi connectivity index (χ0v) is 16.2. The lowest BCUT2D eigenvalue weighted by atomic mass is 9.83. The summed E-state index contributed by atoms with van der Waals surface area (Å²) >= 11 is 0. The molecule has 2 fully saturated rings. The SMILES string of the molecule is CCCCOC1=C(C)C(=O)C2=C(C1=O)C(COC(N)=O)C1(OC)C3NC3CN21. The molecular weight excluding hydrogens is 366 g/mol. The van der Waals surface area contributed by atoms with Gasteiger partial charge in [0.1, 0.15) is 6.61 Å². The van der Waals surface area contributed by atoms with Crippen LogP contribution in [0, 0.1) is 5.92 Å². The molecule has 9 heteroatoms. The first-order valence-electron chi connectivity index (χ1n) is 9.56. The number of primary amides is 1. The predicted octanol–water partition coefficient (Wildman–Crippen LogP) is 0.207. The smallest absolute Gasteiger partial charge is 0.404 e. The maximum absolute atomic E-state index is 13.4. The van der Waals surface area contributed by atoms with Crippen LogP contribution in [0.3, 0.4) is 0 Å². The van der Waals surface area contributed by atoms with Gasteiger partial charge in [-0.25, -0.2) is 4.79 Å². The summed E-state index contributed by atoms with van der Waals surface area (Å²) in [7, 11) is 1.54. The Balaban J connectivity index is 1.74. The number of nitrogens with zero attached hydrogens (tertiary/aromatic N) is 1. The van der Waals surface area contributed by atoms with E-state index in [2.05, 4.69) is 5.32 Å². The van der Waals surface area contributed by atoms with Gasteiger partial charge in [0.05, 0.1) is 24.3 Å². The van der Waals surface area contributed by atoms with Crippen LogP contribution < -0.4 is 11.1 Å². The number of fused-ring (bicyclic) bond motifs is 4. The number of piperazine rings is 1. The van der Waals surface area contributed by atoms with E-state index >= 15 is 0 Å². The molecule has 3 N–H and O–H groups in total. The number of amides is 1. The zero-order valence-electron chi connectivity index (χ0n) is 16.2. The first kappa shape index (κ1) is 18.9. The van der Waals surface area contributed by atoms with Crippen molar-refractivity contribution in [2.75, 3.05) is 26.9 Å². The van der Waals surface area contributed by atoms with Gasteiger partial charge in [-0.3, -0.25) is 9.59 Å². The van der Waals surface area contributed by atoms with E-state index in [1.165, 1.54) is 0 Å². The molecule has 0 radical (unpaired) electrons.